The molecule has 2 rings (SSSR count). The lowest BCUT2D eigenvalue weighted by atomic mass is 10.4. The lowest BCUT2D eigenvalue weighted by Gasteiger charge is -2.08. The second-order valence-electron chi connectivity index (χ2n) is 4.60. The van der Waals surface area contributed by atoms with Gasteiger partial charge in [0.1, 0.15) is 5.82 Å². The number of rotatable bonds is 9. The van der Waals surface area contributed by atoms with Gasteiger partial charge in [0.05, 0.1) is 19.0 Å². The van der Waals surface area contributed by atoms with Gasteiger partial charge in [0.25, 0.3) is 0 Å². The van der Waals surface area contributed by atoms with Gasteiger partial charge in [-0.15, -0.1) is 0 Å². The van der Waals surface area contributed by atoms with Gasteiger partial charge in [-0.3, -0.25) is 4.98 Å². The molecule has 0 atom stereocenters. The van der Waals surface area contributed by atoms with E-state index >= 15 is 0 Å². The van der Waals surface area contributed by atoms with Crippen LogP contribution in [0.5, 0.6) is 5.88 Å². The molecule has 1 aliphatic carbocycles. The van der Waals surface area contributed by atoms with E-state index in [4.69, 9.17) is 4.74 Å². The number of hydrogen-bond donors (Lipinski definition) is 2. The van der Waals surface area contributed by atoms with Crippen LogP contribution in [0.3, 0.4) is 0 Å². The maximum atomic E-state index is 5.44. The number of ether oxygens (including phenoxy) is 1. The van der Waals surface area contributed by atoms with Gasteiger partial charge < -0.3 is 15.4 Å². The molecule has 5 heteroatoms. The Morgan fingerprint density at radius 1 is 1.33 bits per heavy atom. The Hall–Kier alpha value is -1.36. The standard InChI is InChI=1S/C13H22N4O/c1-2-8-18-13-10-14-9-12(17-13)16-7-3-6-15-11-4-5-11/h9-11,15H,2-8H2,1H3,(H,16,17). The van der Waals surface area contributed by atoms with E-state index in [0.717, 1.165) is 37.8 Å². The largest absolute Gasteiger partial charge is 0.477 e. The predicted molar refractivity (Wildman–Crippen MR) is 71.9 cm³/mol. The van der Waals surface area contributed by atoms with Crippen molar-refractivity contribution in [2.45, 2.75) is 38.6 Å². The molecule has 0 aliphatic heterocycles. The molecule has 0 saturated heterocycles. The number of nitrogens with one attached hydrogen (secondary N) is 2. The van der Waals surface area contributed by atoms with Crippen molar-refractivity contribution in [1.82, 2.24) is 15.3 Å². The number of anilines is 1. The SMILES string of the molecule is CCCOc1cncc(NCCCNC2CC2)n1. The average Bonchev–Trinajstić information content (AvgIpc) is 3.20. The zero-order valence-corrected chi connectivity index (χ0v) is 11.0. The van der Waals surface area contributed by atoms with Gasteiger partial charge in [-0.1, -0.05) is 6.92 Å². The maximum absolute atomic E-state index is 5.44. The van der Waals surface area contributed by atoms with Crippen molar-refractivity contribution in [3.8, 4) is 5.88 Å². The Labute approximate surface area is 108 Å². The van der Waals surface area contributed by atoms with Crippen molar-refractivity contribution in [3.63, 3.8) is 0 Å². The van der Waals surface area contributed by atoms with Crippen molar-refractivity contribution in [2.75, 3.05) is 25.0 Å². The second-order valence-corrected chi connectivity index (χ2v) is 4.60. The third kappa shape index (κ3) is 4.87. The van der Waals surface area contributed by atoms with Crippen molar-refractivity contribution in [3.05, 3.63) is 12.4 Å². The van der Waals surface area contributed by atoms with Crippen molar-refractivity contribution in [1.29, 1.82) is 0 Å². The van der Waals surface area contributed by atoms with Crippen molar-refractivity contribution >= 4 is 5.82 Å². The first-order valence-corrected chi connectivity index (χ1v) is 6.80. The molecule has 1 fully saturated rings. The summed E-state index contributed by atoms with van der Waals surface area (Å²) in [5.41, 5.74) is 0. The van der Waals surface area contributed by atoms with E-state index < -0.39 is 0 Å². The molecule has 0 aromatic carbocycles. The van der Waals surface area contributed by atoms with Crippen molar-refractivity contribution < 1.29 is 4.74 Å². The molecule has 1 aliphatic rings. The summed E-state index contributed by atoms with van der Waals surface area (Å²) in [7, 11) is 0. The highest BCUT2D eigenvalue weighted by Gasteiger charge is 2.19. The van der Waals surface area contributed by atoms with Crippen LogP contribution in [-0.4, -0.2) is 35.7 Å². The molecule has 1 saturated carbocycles. The molecule has 18 heavy (non-hydrogen) atoms. The predicted octanol–water partition coefficient (Wildman–Crippen LogP) is 1.82. The molecule has 0 unspecified atom stereocenters. The van der Waals surface area contributed by atoms with Gasteiger partial charge >= 0.3 is 0 Å². The van der Waals surface area contributed by atoms with E-state index in [2.05, 4.69) is 27.5 Å². The van der Waals surface area contributed by atoms with Gasteiger partial charge in [-0.05, 0) is 32.2 Å². The molecule has 1 heterocycles. The first-order chi connectivity index (χ1) is 8.88. The van der Waals surface area contributed by atoms with E-state index in [1.165, 1.54) is 12.8 Å². The van der Waals surface area contributed by atoms with E-state index in [0.29, 0.717) is 12.5 Å². The summed E-state index contributed by atoms with van der Waals surface area (Å²) in [6.07, 6.45) is 8.14. The second kappa shape index (κ2) is 7.16. The highest BCUT2D eigenvalue weighted by molar-refractivity contribution is 5.32. The highest BCUT2D eigenvalue weighted by Crippen LogP contribution is 2.18. The molecule has 0 bridgehead atoms. The summed E-state index contributed by atoms with van der Waals surface area (Å²) in [4.78, 5) is 8.45. The molecular formula is C13H22N4O. The monoisotopic (exact) mass is 250 g/mol. The van der Waals surface area contributed by atoms with Gasteiger partial charge in [-0.2, -0.15) is 4.98 Å². The summed E-state index contributed by atoms with van der Waals surface area (Å²) in [5.74, 6) is 1.38. The Kier molecular flexibility index (Phi) is 5.20. The minimum Gasteiger partial charge on any atom is -0.477 e. The van der Waals surface area contributed by atoms with Crippen LogP contribution in [0.2, 0.25) is 0 Å². The first-order valence-electron chi connectivity index (χ1n) is 6.80. The molecule has 100 valence electrons. The summed E-state index contributed by atoms with van der Waals surface area (Å²) in [5, 5.41) is 6.74. The minimum atomic E-state index is 0.595. The third-order valence-corrected chi connectivity index (χ3v) is 2.74. The quantitative estimate of drug-likeness (QED) is 0.655. The van der Waals surface area contributed by atoms with E-state index in [9.17, 15) is 0 Å². The minimum absolute atomic E-state index is 0.595. The zero-order valence-electron chi connectivity index (χ0n) is 11.0. The Bertz CT molecular complexity index is 355. The number of aromatic nitrogens is 2. The Morgan fingerprint density at radius 2 is 2.22 bits per heavy atom. The normalized spacial score (nSPS) is 14.5. The number of nitrogens with zero attached hydrogens (tertiary/aromatic N) is 2. The molecule has 0 spiro atoms. The lowest BCUT2D eigenvalue weighted by Crippen LogP contribution is -2.20. The summed E-state index contributed by atoms with van der Waals surface area (Å²) < 4.78 is 5.44. The summed E-state index contributed by atoms with van der Waals surface area (Å²) >= 11 is 0. The van der Waals surface area contributed by atoms with Crippen molar-refractivity contribution in [2.24, 2.45) is 0 Å². The smallest absolute Gasteiger partial charge is 0.234 e. The van der Waals surface area contributed by atoms with Crippen LogP contribution in [0, 0.1) is 0 Å². The molecule has 5 nitrogen and oxygen atoms in total. The van der Waals surface area contributed by atoms with E-state index in [1.807, 2.05) is 0 Å². The van der Waals surface area contributed by atoms with Gasteiger partial charge in [0.15, 0.2) is 0 Å². The van der Waals surface area contributed by atoms with Crippen LogP contribution in [0.25, 0.3) is 0 Å². The molecule has 1 aromatic heterocycles. The fraction of sp³-hybridized carbons (Fsp3) is 0.692. The average molecular weight is 250 g/mol. The van der Waals surface area contributed by atoms with Crippen LogP contribution in [0.4, 0.5) is 5.82 Å². The maximum Gasteiger partial charge on any atom is 0.234 e. The fourth-order valence-corrected chi connectivity index (χ4v) is 1.61. The van der Waals surface area contributed by atoms with Gasteiger partial charge in [-0.25, -0.2) is 0 Å². The van der Waals surface area contributed by atoms with E-state index in [1.54, 1.807) is 12.4 Å². The van der Waals surface area contributed by atoms with Gasteiger partial charge in [0, 0.05) is 12.6 Å². The zero-order chi connectivity index (χ0) is 12.6. The first kappa shape index (κ1) is 13.1. The summed E-state index contributed by atoms with van der Waals surface area (Å²) in [6, 6.07) is 0.788. The Balaban J connectivity index is 1.64. The van der Waals surface area contributed by atoms with Gasteiger partial charge in [0.2, 0.25) is 5.88 Å². The van der Waals surface area contributed by atoms with Crippen LogP contribution in [0.15, 0.2) is 12.4 Å². The van der Waals surface area contributed by atoms with E-state index in [-0.39, 0.29) is 0 Å². The fourth-order valence-electron chi connectivity index (χ4n) is 1.61. The van der Waals surface area contributed by atoms with Crippen LogP contribution in [-0.2, 0) is 0 Å². The van der Waals surface area contributed by atoms with Crippen LogP contribution >= 0.6 is 0 Å². The summed E-state index contributed by atoms with van der Waals surface area (Å²) in [6.45, 7) is 4.73. The lowest BCUT2D eigenvalue weighted by molar-refractivity contribution is 0.304. The number of hydrogen-bond acceptors (Lipinski definition) is 5. The Morgan fingerprint density at radius 3 is 3.00 bits per heavy atom. The molecule has 1 aromatic rings. The topological polar surface area (TPSA) is 59.1 Å². The molecule has 0 radical (unpaired) electrons. The molecule has 0 amide bonds. The van der Waals surface area contributed by atoms with Crippen LogP contribution < -0.4 is 15.4 Å². The molecule has 2 N–H and O–H groups in total. The van der Waals surface area contributed by atoms with Crippen LogP contribution in [0.1, 0.15) is 32.6 Å². The third-order valence-electron chi connectivity index (χ3n) is 2.74. The molecular weight excluding hydrogens is 228 g/mol. The highest BCUT2D eigenvalue weighted by atomic mass is 16.5.